The van der Waals surface area contributed by atoms with Gasteiger partial charge in [-0.3, -0.25) is 14.2 Å². The van der Waals surface area contributed by atoms with Gasteiger partial charge in [-0.15, -0.1) is 0 Å². The SMILES string of the molecule is CCN(CC)C(=O)C1=C(C)N=c2s/c(=C/c3ccc(N(C)C)cc3)c(=O)n2[C@@H]1c1c(OC)ccc2ccccc12. The lowest BCUT2D eigenvalue weighted by molar-refractivity contribution is -0.127. The Kier molecular flexibility index (Phi) is 7.63. The molecule has 40 heavy (non-hydrogen) atoms. The maximum absolute atomic E-state index is 14.2. The fourth-order valence-corrected chi connectivity index (χ4v) is 6.35. The number of amides is 1. The van der Waals surface area contributed by atoms with Crippen molar-refractivity contribution in [1.82, 2.24) is 9.47 Å². The van der Waals surface area contributed by atoms with Crippen LogP contribution in [-0.4, -0.2) is 49.7 Å². The third kappa shape index (κ3) is 4.73. The molecule has 0 fully saturated rings. The number of thiazole rings is 1. The molecule has 0 saturated carbocycles. The lowest BCUT2D eigenvalue weighted by Crippen LogP contribution is -2.43. The van der Waals surface area contributed by atoms with E-state index in [0.717, 1.165) is 27.6 Å². The summed E-state index contributed by atoms with van der Waals surface area (Å²) in [5.41, 5.74) is 3.71. The molecule has 0 saturated heterocycles. The fraction of sp³-hybridized carbons (Fsp3) is 0.281. The standard InChI is InChI=1S/C32H34N4O3S/c1-7-35(8-2)31(38)27-20(3)33-32-36(29(27)28-24-12-10-9-11-22(24)15-18-25(28)39-6)30(37)26(40-32)19-21-13-16-23(17-14-21)34(4)5/h9-19,29H,7-8H2,1-6H3/b26-19+/t29-/m0/s1. The van der Waals surface area contributed by atoms with Gasteiger partial charge in [0, 0.05) is 38.4 Å². The van der Waals surface area contributed by atoms with Crippen molar-refractivity contribution < 1.29 is 9.53 Å². The summed E-state index contributed by atoms with van der Waals surface area (Å²) in [6, 6.07) is 19.3. The molecule has 5 rings (SSSR count). The number of aromatic nitrogens is 1. The van der Waals surface area contributed by atoms with Crippen LogP contribution >= 0.6 is 11.3 Å². The number of nitrogens with zero attached hydrogens (tertiary/aromatic N) is 4. The largest absolute Gasteiger partial charge is 0.496 e. The van der Waals surface area contributed by atoms with E-state index in [1.165, 1.54) is 11.3 Å². The average molecular weight is 555 g/mol. The summed E-state index contributed by atoms with van der Waals surface area (Å²) in [7, 11) is 5.61. The lowest BCUT2D eigenvalue weighted by Gasteiger charge is -2.30. The third-order valence-electron chi connectivity index (χ3n) is 7.43. The molecule has 0 N–H and O–H groups in total. The second-order valence-electron chi connectivity index (χ2n) is 9.95. The predicted octanol–water partition coefficient (Wildman–Crippen LogP) is 4.33. The van der Waals surface area contributed by atoms with Crippen molar-refractivity contribution in [2.24, 2.45) is 4.99 Å². The van der Waals surface area contributed by atoms with Gasteiger partial charge < -0.3 is 14.5 Å². The van der Waals surface area contributed by atoms with Gasteiger partial charge in [-0.1, -0.05) is 53.8 Å². The van der Waals surface area contributed by atoms with E-state index in [4.69, 9.17) is 9.73 Å². The van der Waals surface area contributed by atoms with E-state index in [1.807, 2.05) is 107 Å². The van der Waals surface area contributed by atoms with Gasteiger partial charge in [0.1, 0.15) is 11.8 Å². The predicted molar refractivity (Wildman–Crippen MR) is 163 cm³/mol. The van der Waals surface area contributed by atoms with Crippen molar-refractivity contribution in [3.63, 3.8) is 0 Å². The highest BCUT2D eigenvalue weighted by Crippen LogP contribution is 2.40. The Morgan fingerprint density at radius 2 is 1.75 bits per heavy atom. The Hall–Kier alpha value is -4.17. The van der Waals surface area contributed by atoms with Crippen LogP contribution < -0.4 is 24.5 Å². The van der Waals surface area contributed by atoms with E-state index < -0.39 is 6.04 Å². The Labute approximate surface area is 238 Å². The molecule has 2 heterocycles. The molecule has 3 aromatic carbocycles. The quantitative estimate of drug-likeness (QED) is 0.341. The topological polar surface area (TPSA) is 67.1 Å². The number of allylic oxidation sites excluding steroid dienone is 1. The second kappa shape index (κ2) is 11.1. The maximum Gasteiger partial charge on any atom is 0.271 e. The third-order valence-corrected chi connectivity index (χ3v) is 8.42. The minimum Gasteiger partial charge on any atom is -0.496 e. The molecule has 1 aliphatic heterocycles. The first kappa shape index (κ1) is 27.4. The van der Waals surface area contributed by atoms with E-state index in [9.17, 15) is 9.59 Å². The molecule has 0 unspecified atom stereocenters. The minimum absolute atomic E-state index is 0.125. The van der Waals surface area contributed by atoms with E-state index >= 15 is 0 Å². The molecule has 206 valence electrons. The summed E-state index contributed by atoms with van der Waals surface area (Å²) in [6.07, 6.45) is 1.89. The number of fused-ring (bicyclic) bond motifs is 2. The van der Waals surface area contributed by atoms with Crippen LogP contribution in [0, 0.1) is 0 Å². The van der Waals surface area contributed by atoms with Crippen molar-refractivity contribution in [3.05, 3.63) is 103 Å². The number of hydrogen-bond donors (Lipinski definition) is 0. The van der Waals surface area contributed by atoms with Gasteiger partial charge in [-0.2, -0.15) is 0 Å². The van der Waals surface area contributed by atoms with E-state index in [2.05, 4.69) is 0 Å². The fourth-order valence-electron chi connectivity index (χ4n) is 5.31. The first-order valence-electron chi connectivity index (χ1n) is 13.4. The molecule has 0 aliphatic carbocycles. The van der Waals surface area contributed by atoms with Gasteiger partial charge in [0.2, 0.25) is 0 Å². The summed E-state index contributed by atoms with van der Waals surface area (Å²) >= 11 is 1.34. The van der Waals surface area contributed by atoms with Crippen molar-refractivity contribution in [1.29, 1.82) is 0 Å². The zero-order valence-electron chi connectivity index (χ0n) is 23.8. The molecule has 1 aromatic heterocycles. The van der Waals surface area contributed by atoms with Gasteiger partial charge in [0.15, 0.2) is 4.80 Å². The summed E-state index contributed by atoms with van der Waals surface area (Å²) in [4.78, 5) is 37.4. The summed E-state index contributed by atoms with van der Waals surface area (Å²) in [5.74, 6) is 0.497. The number of rotatable bonds is 7. The molecule has 0 bridgehead atoms. The van der Waals surface area contributed by atoms with Crippen molar-refractivity contribution in [3.8, 4) is 5.75 Å². The van der Waals surface area contributed by atoms with Crippen LogP contribution in [0.5, 0.6) is 5.75 Å². The molecular weight excluding hydrogens is 520 g/mol. The number of likely N-dealkylation sites (N-methyl/N-ethyl adjacent to an activating group) is 1. The highest BCUT2D eigenvalue weighted by Gasteiger charge is 2.36. The van der Waals surface area contributed by atoms with Crippen molar-refractivity contribution in [2.75, 3.05) is 39.2 Å². The lowest BCUT2D eigenvalue weighted by atomic mass is 9.90. The van der Waals surface area contributed by atoms with Crippen LogP contribution in [0.2, 0.25) is 0 Å². The van der Waals surface area contributed by atoms with Crippen LogP contribution in [0.1, 0.15) is 37.9 Å². The first-order valence-corrected chi connectivity index (χ1v) is 14.3. The molecule has 1 atom stereocenters. The molecule has 1 aliphatic rings. The first-order chi connectivity index (χ1) is 19.3. The van der Waals surface area contributed by atoms with Crippen molar-refractivity contribution in [2.45, 2.75) is 26.8 Å². The number of methoxy groups -OCH3 is 1. The Morgan fingerprint density at radius 1 is 1.05 bits per heavy atom. The molecule has 4 aromatic rings. The number of carbonyl (C=O) groups excluding carboxylic acids is 1. The molecule has 1 amide bonds. The van der Waals surface area contributed by atoms with Crippen LogP contribution in [0.15, 0.2) is 81.7 Å². The van der Waals surface area contributed by atoms with Crippen molar-refractivity contribution >= 4 is 39.8 Å². The highest BCUT2D eigenvalue weighted by atomic mass is 32.1. The number of anilines is 1. The zero-order valence-corrected chi connectivity index (χ0v) is 24.6. The molecule has 0 spiro atoms. The van der Waals surface area contributed by atoms with E-state index in [1.54, 1.807) is 16.6 Å². The molecule has 7 nitrogen and oxygen atoms in total. The normalized spacial score (nSPS) is 15.2. The highest BCUT2D eigenvalue weighted by molar-refractivity contribution is 7.07. The van der Waals surface area contributed by atoms with Gasteiger partial charge in [0.25, 0.3) is 11.5 Å². The summed E-state index contributed by atoms with van der Waals surface area (Å²) in [6.45, 7) is 6.89. The van der Waals surface area contributed by atoms with Crippen LogP contribution in [0.3, 0.4) is 0 Å². The monoisotopic (exact) mass is 554 g/mol. The minimum atomic E-state index is -0.691. The molecule has 0 radical (unpaired) electrons. The number of ether oxygens (including phenoxy) is 1. The molecule has 8 heteroatoms. The molecular formula is C32H34N4O3S. The van der Waals surface area contributed by atoms with Crippen LogP contribution in [0.25, 0.3) is 16.8 Å². The number of hydrogen-bond acceptors (Lipinski definition) is 6. The summed E-state index contributed by atoms with van der Waals surface area (Å²) in [5, 5.41) is 1.94. The average Bonchev–Trinajstić information content (AvgIpc) is 3.26. The van der Waals surface area contributed by atoms with Gasteiger partial charge in [-0.25, -0.2) is 4.99 Å². The van der Waals surface area contributed by atoms with Crippen LogP contribution in [-0.2, 0) is 4.79 Å². The Morgan fingerprint density at radius 3 is 2.40 bits per heavy atom. The second-order valence-corrected chi connectivity index (χ2v) is 11.0. The maximum atomic E-state index is 14.2. The Bertz CT molecular complexity index is 1790. The van der Waals surface area contributed by atoms with Gasteiger partial charge in [0.05, 0.1) is 22.9 Å². The van der Waals surface area contributed by atoms with Crippen LogP contribution in [0.4, 0.5) is 5.69 Å². The van der Waals surface area contributed by atoms with Gasteiger partial charge >= 0.3 is 0 Å². The Balaban J connectivity index is 1.81. The summed E-state index contributed by atoms with van der Waals surface area (Å²) < 4.78 is 8.11. The zero-order chi connectivity index (χ0) is 28.6. The van der Waals surface area contributed by atoms with Gasteiger partial charge in [-0.05, 0) is 61.4 Å². The number of carbonyl (C=O) groups is 1. The smallest absolute Gasteiger partial charge is 0.271 e. The van der Waals surface area contributed by atoms with E-state index in [0.29, 0.717) is 39.4 Å². The van der Waals surface area contributed by atoms with E-state index in [-0.39, 0.29) is 11.5 Å². The number of benzene rings is 3.